The molecule has 1 N–H and O–H groups in total. The van der Waals surface area contributed by atoms with E-state index in [2.05, 4.69) is 5.32 Å². The van der Waals surface area contributed by atoms with Crippen molar-refractivity contribution in [1.82, 2.24) is 14.2 Å². The van der Waals surface area contributed by atoms with Gasteiger partial charge in [-0.1, -0.05) is 60.7 Å². The minimum atomic E-state index is -4.02. The smallest absolute Gasteiger partial charge is 0.268 e. The number of nitrogens with zero attached hydrogens (tertiary/aromatic N) is 2. The van der Waals surface area contributed by atoms with E-state index in [9.17, 15) is 22.8 Å². The summed E-state index contributed by atoms with van der Waals surface area (Å²) in [4.78, 5) is 41.4. The molecule has 9 heteroatoms. The van der Waals surface area contributed by atoms with Crippen molar-refractivity contribution >= 4 is 38.5 Å². The van der Waals surface area contributed by atoms with Crippen LogP contribution in [0.25, 0.3) is 22.0 Å². The quantitative estimate of drug-likeness (QED) is 0.224. The Hall–Kier alpha value is -4.86. The average molecular weight is 576 g/mol. The molecule has 0 radical (unpaired) electrons. The summed E-state index contributed by atoms with van der Waals surface area (Å²) in [6, 6.07) is 28.1. The first-order chi connectivity index (χ1) is 20.4. The second kappa shape index (κ2) is 9.90. The lowest BCUT2D eigenvalue weighted by molar-refractivity contribution is 0.0441. The highest BCUT2D eigenvalue weighted by molar-refractivity contribution is 7.90. The van der Waals surface area contributed by atoms with E-state index in [4.69, 9.17) is 0 Å². The second-order valence-corrected chi connectivity index (χ2v) is 12.3. The topological polar surface area (TPSA) is 106 Å². The summed E-state index contributed by atoms with van der Waals surface area (Å²) in [5.41, 5.74) is 3.02. The molecule has 208 valence electrons. The van der Waals surface area contributed by atoms with E-state index >= 15 is 0 Å². The van der Waals surface area contributed by atoms with Crippen LogP contribution in [0.1, 0.15) is 31.1 Å². The largest absolute Gasteiger partial charge is 0.316 e. The van der Waals surface area contributed by atoms with Gasteiger partial charge in [0.05, 0.1) is 21.5 Å². The SMILES string of the molecule is O=C(c1ccc(S(=O)(=O)n2cc(-c3ccccc3)c3ccccc32)cc1)C(C1CNC1)N1C(=O)c2ccccc2C1=O. The molecule has 1 aromatic heterocycles. The summed E-state index contributed by atoms with van der Waals surface area (Å²) in [7, 11) is -4.02. The predicted octanol–water partition coefficient (Wildman–Crippen LogP) is 4.61. The molecule has 0 saturated carbocycles. The number of para-hydroxylation sites is 1. The van der Waals surface area contributed by atoms with Gasteiger partial charge in [-0.05, 0) is 48.0 Å². The van der Waals surface area contributed by atoms with Crippen molar-refractivity contribution in [2.45, 2.75) is 10.9 Å². The van der Waals surface area contributed by atoms with Crippen LogP contribution in [0.3, 0.4) is 0 Å². The van der Waals surface area contributed by atoms with Crippen LogP contribution in [0.15, 0.2) is 114 Å². The summed E-state index contributed by atoms with van der Waals surface area (Å²) in [6.45, 7) is 0.974. The summed E-state index contributed by atoms with van der Waals surface area (Å²) in [5, 5.41) is 3.92. The zero-order chi connectivity index (χ0) is 29.0. The molecule has 2 aliphatic heterocycles. The standard InChI is InChI=1S/C33H25N3O5S/c37-31(30(23-18-34-19-23)36-32(38)26-11-4-5-12-27(26)33(36)39)22-14-16-24(17-15-22)42(40,41)35-20-28(21-8-2-1-3-9-21)25-10-6-7-13-29(25)35/h1-17,20,23,30,34H,18-19H2. The fourth-order valence-corrected chi connectivity index (χ4v) is 7.18. The van der Waals surface area contributed by atoms with Gasteiger partial charge in [0.15, 0.2) is 5.78 Å². The number of hydrogen-bond donors (Lipinski definition) is 1. The maximum absolute atomic E-state index is 13.9. The molecule has 0 bridgehead atoms. The van der Waals surface area contributed by atoms with E-state index < -0.39 is 33.7 Å². The van der Waals surface area contributed by atoms with Crippen LogP contribution in [-0.2, 0) is 10.0 Å². The van der Waals surface area contributed by atoms with Crippen LogP contribution in [0.5, 0.6) is 0 Å². The molecule has 2 aliphatic rings. The van der Waals surface area contributed by atoms with Gasteiger partial charge in [-0.2, -0.15) is 0 Å². The molecule has 1 saturated heterocycles. The van der Waals surface area contributed by atoms with Gasteiger partial charge < -0.3 is 5.32 Å². The maximum Gasteiger partial charge on any atom is 0.268 e. The Morgan fingerprint density at radius 1 is 0.738 bits per heavy atom. The number of carbonyl (C=O) groups excluding carboxylic acids is 3. The molecule has 1 atom stereocenters. The molecular formula is C33H25N3O5S. The molecule has 4 aromatic carbocycles. The van der Waals surface area contributed by atoms with Gasteiger partial charge in [0, 0.05) is 41.7 Å². The van der Waals surface area contributed by atoms with E-state index in [-0.39, 0.29) is 27.5 Å². The van der Waals surface area contributed by atoms with Crippen molar-refractivity contribution < 1.29 is 22.8 Å². The Kier molecular flexibility index (Phi) is 6.14. The summed E-state index contributed by atoms with van der Waals surface area (Å²) >= 11 is 0. The molecule has 0 aliphatic carbocycles. The lowest BCUT2D eigenvalue weighted by Gasteiger charge is -2.38. The number of imide groups is 1. The second-order valence-electron chi connectivity index (χ2n) is 10.5. The summed E-state index contributed by atoms with van der Waals surface area (Å²) in [5.74, 6) is -1.63. The molecule has 2 amide bonds. The van der Waals surface area contributed by atoms with Gasteiger partial charge in [-0.3, -0.25) is 19.3 Å². The Labute approximate surface area is 242 Å². The van der Waals surface area contributed by atoms with Gasteiger partial charge in [-0.25, -0.2) is 12.4 Å². The molecule has 1 fully saturated rings. The highest BCUT2D eigenvalue weighted by Crippen LogP contribution is 2.34. The van der Waals surface area contributed by atoms with E-state index in [1.807, 2.05) is 42.5 Å². The summed E-state index contributed by atoms with van der Waals surface area (Å²) < 4.78 is 29.0. The van der Waals surface area contributed by atoms with E-state index in [0.717, 1.165) is 21.4 Å². The van der Waals surface area contributed by atoms with Gasteiger partial charge >= 0.3 is 0 Å². The molecule has 7 rings (SSSR count). The first kappa shape index (κ1) is 26.1. The Morgan fingerprint density at radius 3 is 1.95 bits per heavy atom. The molecule has 0 spiro atoms. The van der Waals surface area contributed by atoms with Gasteiger partial charge in [0.1, 0.15) is 6.04 Å². The molecule has 8 nitrogen and oxygen atoms in total. The number of rotatable bonds is 7. The fourth-order valence-electron chi connectivity index (χ4n) is 5.81. The van der Waals surface area contributed by atoms with E-state index in [1.165, 1.54) is 28.2 Å². The number of benzene rings is 4. The zero-order valence-corrected chi connectivity index (χ0v) is 23.1. The predicted molar refractivity (Wildman–Crippen MR) is 158 cm³/mol. The van der Waals surface area contributed by atoms with Crippen LogP contribution in [-0.4, -0.2) is 54.0 Å². The highest BCUT2D eigenvalue weighted by atomic mass is 32.2. The third kappa shape index (κ3) is 4.00. The van der Waals surface area contributed by atoms with Crippen molar-refractivity contribution in [3.8, 4) is 11.1 Å². The summed E-state index contributed by atoms with van der Waals surface area (Å²) in [6.07, 6.45) is 1.62. The Balaban J connectivity index is 1.23. The van der Waals surface area contributed by atoms with E-state index in [1.54, 1.807) is 42.6 Å². The van der Waals surface area contributed by atoms with Crippen LogP contribution in [0, 0.1) is 5.92 Å². The number of nitrogens with one attached hydrogen (secondary N) is 1. The number of amides is 2. The minimum Gasteiger partial charge on any atom is -0.316 e. The van der Waals surface area contributed by atoms with Crippen LogP contribution >= 0.6 is 0 Å². The molecule has 5 aromatic rings. The van der Waals surface area contributed by atoms with Crippen molar-refractivity contribution in [2.24, 2.45) is 5.92 Å². The maximum atomic E-state index is 13.9. The molecular weight excluding hydrogens is 550 g/mol. The lowest BCUT2D eigenvalue weighted by Crippen LogP contribution is -2.59. The van der Waals surface area contributed by atoms with E-state index in [0.29, 0.717) is 18.6 Å². The van der Waals surface area contributed by atoms with Crippen LogP contribution < -0.4 is 5.32 Å². The normalized spacial score (nSPS) is 16.0. The van der Waals surface area contributed by atoms with Gasteiger partial charge in [-0.15, -0.1) is 0 Å². The first-order valence-corrected chi connectivity index (χ1v) is 15.0. The minimum absolute atomic E-state index is 0.0157. The van der Waals surface area contributed by atoms with Crippen molar-refractivity contribution in [3.05, 3.63) is 126 Å². The first-order valence-electron chi connectivity index (χ1n) is 13.6. The third-order valence-electron chi connectivity index (χ3n) is 8.09. The molecule has 3 heterocycles. The van der Waals surface area contributed by atoms with Crippen molar-refractivity contribution in [1.29, 1.82) is 0 Å². The van der Waals surface area contributed by atoms with Crippen LogP contribution in [0.4, 0.5) is 0 Å². The Bertz CT molecular complexity index is 1960. The molecule has 1 unspecified atom stereocenters. The Morgan fingerprint density at radius 2 is 1.33 bits per heavy atom. The fraction of sp³-hybridized carbons (Fsp3) is 0.121. The van der Waals surface area contributed by atoms with Crippen molar-refractivity contribution in [2.75, 3.05) is 13.1 Å². The van der Waals surface area contributed by atoms with Crippen molar-refractivity contribution in [3.63, 3.8) is 0 Å². The number of fused-ring (bicyclic) bond motifs is 2. The van der Waals surface area contributed by atoms with Gasteiger partial charge in [0.2, 0.25) is 0 Å². The average Bonchev–Trinajstić information content (AvgIpc) is 3.51. The number of Topliss-reactive ketones (excluding diaryl/α,β-unsaturated/α-hetero) is 1. The number of aromatic nitrogens is 1. The lowest BCUT2D eigenvalue weighted by atomic mass is 9.87. The van der Waals surface area contributed by atoms with Gasteiger partial charge in [0.25, 0.3) is 21.8 Å². The van der Waals surface area contributed by atoms with Crippen LogP contribution in [0.2, 0.25) is 0 Å². The third-order valence-corrected chi connectivity index (χ3v) is 9.78. The number of carbonyl (C=O) groups is 3. The number of ketones is 1. The number of hydrogen-bond acceptors (Lipinski definition) is 6. The highest BCUT2D eigenvalue weighted by Gasteiger charge is 2.47. The monoisotopic (exact) mass is 575 g/mol. The zero-order valence-electron chi connectivity index (χ0n) is 22.3. The molecule has 42 heavy (non-hydrogen) atoms.